The quantitative estimate of drug-likeness (QED) is 0.405. The van der Waals surface area contributed by atoms with Gasteiger partial charge in [0.25, 0.3) is 5.56 Å². The molecule has 1 amide bonds. The number of anilines is 1. The first-order valence-corrected chi connectivity index (χ1v) is 7.98. The fraction of sp³-hybridized carbons (Fsp3) is 0.438. The fourth-order valence-electron chi connectivity index (χ4n) is 2.16. The first-order valence-electron chi connectivity index (χ1n) is 7.98. The third-order valence-corrected chi connectivity index (χ3v) is 3.39. The van der Waals surface area contributed by atoms with Gasteiger partial charge in [0.15, 0.2) is 5.65 Å². The molecule has 0 saturated carbocycles. The molecule has 9 nitrogen and oxygen atoms in total. The van der Waals surface area contributed by atoms with E-state index in [2.05, 4.69) is 39.5 Å². The van der Waals surface area contributed by atoms with Crippen LogP contribution >= 0.6 is 0 Å². The zero-order chi connectivity index (χ0) is 18.2. The summed E-state index contributed by atoms with van der Waals surface area (Å²) in [7, 11) is 1.69. The van der Waals surface area contributed by atoms with Crippen LogP contribution in [0.2, 0.25) is 0 Å². The molecule has 0 aliphatic carbocycles. The number of unbranched alkanes of at least 4 members (excludes halogenated alkanes) is 1. The van der Waals surface area contributed by atoms with Gasteiger partial charge in [-0.2, -0.15) is 4.98 Å². The molecule has 0 radical (unpaired) electrons. The number of aromatic nitrogens is 3. The molecule has 0 aromatic carbocycles. The summed E-state index contributed by atoms with van der Waals surface area (Å²) in [4.78, 5) is 30.2. The van der Waals surface area contributed by atoms with Gasteiger partial charge in [-0.05, 0) is 6.42 Å². The Morgan fingerprint density at radius 2 is 2.32 bits per heavy atom. The third kappa shape index (κ3) is 4.74. The zero-order valence-corrected chi connectivity index (χ0v) is 14.3. The van der Waals surface area contributed by atoms with E-state index in [1.807, 2.05) is 0 Å². The number of H-pyrrole nitrogens is 1. The number of nitrogens with two attached hydrogens (primary N) is 1. The molecular formula is C16H22N6O3. The van der Waals surface area contributed by atoms with Crippen LogP contribution in [-0.2, 0) is 9.53 Å². The minimum atomic E-state index is -0.367. The Labute approximate surface area is 144 Å². The van der Waals surface area contributed by atoms with Crippen molar-refractivity contribution < 1.29 is 9.53 Å². The molecule has 2 heterocycles. The number of hydrogen-bond donors (Lipinski definition) is 4. The summed E-state index contributed by atoms with van der Waals surface area (Å²) >= 11 is 0. The number of fused-ring (bicyclic) bond motifs is 1. The highest BCUT2D eigenvalue weighted by Crippen LogP contribution is 2.14. The van der Waals surface area contributed by atoms with Crippen LogP contribution in [0.15, 0.2) is 11.0 Å². The van der Waals surface area contributed by atoms with Gasteiger partial charge in [-0.15, -0.1) is 0 Å². The molecule has 5 N–H and O–H groups in total. The van der Waals surface area contributed by atoms with Gasteiger partial charge >= 0.3 is 0 Å². The number of nitrogen functional groups attached to an aromatic ring is 1. The standard InChI is InChI=1S/C16H22N6O3/c1-3-4-8-25-10-12(23)19-7-5-6-11-9-22(18-2)14-13(11)15(24)21-16(17)20-14/h9,18H,3-4,7-8,10H2,1-2H3,(H,19,23)(H3,17,20,21,24). The molecule has 0 fully saturated rings. The Kier molecular flexibility index (Phi) is 6.42. The summed E-state index contributed by atoms with van der Waals surface area (Å²) in [6.45, 7) is 2.79. The summed E-state index contributed by atoms with van der Waals surface area (Å²) in [6, 6.07) is 0. The van der Waals surface area contributed by atoms with E-state index in [9.17, 15) is 9.59 Å². The molecule has 2 aromatic rings. The van der Waals surface area contributed by atoms with Crippen molar-refractivity contribution in [1.29, 1.82) is 0 Å². The van der Waals surface area contributed by atoms with Gasteiger partial charge in [0.2, 0.25) is 11.9 Å². The van der Waals surface area contributed by atoms with E-state index in [4.69, 9.17) is 10.5 Å². The Hall–Kier alpha value is -2.99. The first kappa shape index (κ1) is 18.4. The largest absolute Gasteiger partial charge is 0.372 e. The molecule has 2 rings (SSSR count). The van der Waals surface area contributed by atoms with Crippen molar-refractivity contribution in [3.8, 4) is 11.8 Å². The minimum absolute atomic E-state index is 0.0175. The maximum atomic E-state index is 12.1. The Balaban J connectivity index is 2.03. The van der Waals surface area contributed by atoms with E-state index in [-0.39, 0.29) is 30.6 Å². The topological polar surface area (TPSA) is 127 Å². The van der Waals surface area contributed by atoms with Crippen LogP contribution in [0.5, 0.6) is 0 Å². The molecule has 0 spiro atoms. The monoisotopic (exact) mass is 346 g/mol. The normalized spacial score (nSPS) is 10.3. The van der Waals surface area contributed by atoms with Gasteiger partial charge in [-0.3, -0.25) is 14.6 Å². The maximum absolute atomic E-state index is 12.1. The van der Waals surface area contributed by atoms with Gasteiger partial charge in [0, 0.05) is 19.9 Å². The number of nitrogens with one attached hydrogen (secondary N) is 3. The summed E-state index contributed by atoms with van der Waals surface area (Å²) < 4.78 is 6.78. The van der Waals surface area contributed by atoms with Gasteiger partial charge in [0.05, 0.1) is 12.1 Å². The average Bonchev–Trinajstić information content (AvgIpc) is 2.93. The van der Waals surface area contributed by atoms with Crippen LogP contribution in [0.1, 0.15) is 25.3 Å². The number of nitrogens with zero attached hydrogens (tertiary/aromatic N) is 2. The second-order valence-corrected chi connectivity index (χ2v) is 5.27. The van der Waals surface area contributed by atoms with E-state index in [0.29, 0.717) is 23.2 Å². The van der Waals surface area contributed by atoms with Crippen molar-refractivity contribution in [2.24, 2.45) is 0 Å². The van der Waals surface area contributed by atoms with E-state index >= 15 is 0 Å². The van der Waals surface area contributed by atoms with E-state index in [1.165, 1.54) is 0 Å². The second kappa shape index (κ2) is 8.75. The molecule has 25 heavy (non-hydrogen) atoms. The van der Waals surface area contributed by atoms with Crippen molar-refractivity contribution in [2.75, 3.05) is 38.0 Å². The second-order valence-electron chi connectivity index (χ2n) is 5.27. The van der Waals surface area contributed by atoms with Crippen LogP contribution in [-0.4, -0.2) is 47.4 Å². The number of ether oxygens (including phenoxy) is 1. The van der Waals surface area contributed by atoms with Crippen LogP contribution < -0.4 is 22.0 Å². The number of hydrogen-bond acceptors (Lipinski definition) is 6. The first-order chi connectivity index (χ1) is 12.1. The number of amides is 1. The van der Waals surface area contributed by atoms with E-state index in [0.717, 1.165) is 12.8 Å². The molecule has 2 aromatic heterocycles. The highest BCUT2D eigenvalue weighted by molar-refractivity contribution is 5.84. The van der Waals surface area contributed by atoms with Crippen molar-refractivity contribution in [3.63, 3.8) is 0 Å². The molecule has 0 unspecified atom stereocenters. The van der Waals surface area contributed by atoms with E-state index in [1.54, 1.807) is 17.9 Å². The number of carbonyl (C=O) groups is 1. The summed E-state index contributed by atoms with van der Waals surface area (Å²) in [5.41, 5.74) is 8.96. The average molecular weight is 346 g/mol. The smallest absolute Gasteiger partial charge is 0.263 e. The van der Waals surface area contributed by atoms with Crippen LogP contribution in [0.25, 0.3) is 11.0 Å². The van der Waals surface area contributed by atoms with E-state index < -0.39 is 0 Å². The predicted octanol–water partition coefficient (Wildman–Crippen LogP) is -0.235. The molecule has 0 atom stereocenters. The summed E-state index contributed by atoms with van der Waals surface area (Å²) in [5.74, 6) is 5.49. The summed E-state index contributed by atoms with van der Waals surface area (Å²) in [6.07, 6.45) is 3.59. The molecular weight excluding hydrogens is 324 g/mol. The number of rotatable bonds is 7. The number of carbonyl (C=O) groups excluding carboxylic acids is 1. The highest BCUT2D eigenvalue weighted by atomic mass is 16.5. The zero-order valence-electron chi connectivity index (χ0n) is 14.3. The molecule has 0 saturated heterocycles. The Morgan fingerprint density at radius 1 is 1.52 bits per heavy atom. The van der Waals surface area contributed by atoms with Crippen molar-refractivity contribution in [3.05, 3.63) is 22.1 Å². The van der Waals surface area contributed by atoms with Crippen LogP contribution in [0.4, 0.5) is 5.95 Å². The molecule has 0 aliphatic rings. The fourth-order valence-corrected chi connectivity index (χ4v) is 2.16. The SMILES string of the molecule is CCCCOCC(=O)NCC#Cc1cn(NC)c2nc(N)[nH]c(=O)c12. The van der Waals surface area contributed by atoms with Gasteiger partial charge in [-0.25, -0.2) is 4.68 Å². The molecule has 0 bridgehead atoms. The van der Waals surface area contributed by atoms with Crippen molar-refractivity contribution in [2.45, 2.75) is 19.8 Å². The van der Waals surface area contributed by atoms with Gasteiger partial charge in [0.1, 0.15) is 12.0 Å². The van der Waals surface area contributed by atoms with Gasteiger partial charge in [-0.1, -0.05) is 25.2 Å². The molecule has 134 valence electrons. The highest BCUT2D eigenvalue weighted by Gasteiger charge is 2.12. The molecule has 0 aliphatic heterocycles. The Morgan fingerprint density at radius 3 is 3.04 bits per heavy atom. The third-order valence-electron chi connectivity index (χ3n) is 3.39. The van der Waals surface area contributed by atoms with Crippen molar-refractivity contribution >= 4 is 22.9 Å². The predicted molar refractivity (Wildman–Crippen MR) is 95.7 cm³/mol. The minimum Gasteiger partial charge on any atom is -0.372 e. The number of aromatic amines is 1. The lowest BCUT2D eigenvalue weighted by Crippen LogP contribution is -2.28. The summed E-state index contributed by atoms with van der Waals surface area (Å²) in [5, 5.41) is 2.98. The van der Waals surface area contributed by atoms with Gasteiger partial charge < -0.3 is 21.2 Å². The van der Waals surface area contributed by atoms with Crippen LogP contribution in [0, 0.1) is 11.8 Å². The van der Waals surface area contributed by atoms with Crippen LogP contribution in [0.3, 0.4) is 0 Å². The lowest BCUT2D eigenvalue weighted by molar-refractivity contribution is -0.125. The maximum Gasteiger partial charge on any atom is 0.263 e. The lowest BCUT2D eigenvalue weighted by atomic mass is 10.2. The van der Waals surface area contributed by atoms with Crippen molar-refractivity contribution in [1.82, 2.24) is 20.0 Å². The lowest BCUT2D eigenvalue weighted by Gasteiger charge is -2.02. The molecule has 9 heteroatoms. The Bertz CT molecular complexity index is 858.